The Labute approximate surface area is 197 Å². The third-order valence-electron chi connectivity index (χ3n) is 7.31. The van der Waals surface area contributed by atoms with Gasteiger partial charge < -0.3 is 15.3 Å². The molecule has 4 nitrogen and oxygen atoms in total. The third-order valence-corrected chi connectivity index (χ3v) is 7.74. The molecule has 1 saturated heterocycles. The summed E-state index contributed by atoms with van der Waals surface area (Å²) in [5, 5.41) is 14.6. The molecule has 0 saturated carbocycles. The van der Waals surface area contributed by atoms with E-state index in [2.05, 4.69) is 78.1 Å². The van der Waals surface area contributed by atoms with E-state index in [1.807, 2.05) is 13.0 Å². The summed E-state index contributed by atoms with van der Waals surface area (Å²) in [6.07, 6.45) is 3.45. The van der Waals surface area contributed by atoms with Gasteiger partial charge in [0.05, 0.1) is 6.10 Å². The SMILES string of the molecule is C=CCNC(=S)N(C)[C@H]1C[C@H]2c3cc(-c4ccccc4C)ccc3CCN2C[C@H]1[C@H](C)O. The van der Waals surface area contributed by atoms with E-state index in [1.54, 1.807) is 0 Å². The summed E-state index contributed by atoms with van der Waals surface area (Å²) >= 11 is 5.66. The number of fused-ring (bicyclic) bond motifs is 3. The van der Waals surface area contributed by atoms with Crippen molar-refractivity contribution in [2.24, 2.45) is 5.92 Å². The number of piperidine rings is 1. The van der Waals surface area contributed by atoms with Gasteiger partial charge in [0, 0.05) is 44.7 Å². The van der Waals surface area contributed by atoms with Gasteiger partial charge in [0.25, 0.3) is 0 Å². The lowest BCUT2D eigenvalue weighted by Gasteiger charge is -2.50. The number of aliphatic hydroxyl groups is 1. The fraction of sp³-hybridized carbons (Fsp3) is 0.444. The van der Waals surface area contributed by atoms with Gasteiger partial charge in [0.2, 0.25) is 0 Å². The quantitative estimate of drug-likeness (QED) is 0.525. The van der Waals surface area contributed by atoms with E-state index in [0.29, 0.717) is 12.6 Å². The number of nitrogens with zero attached hydrogens (tertiary/aromatic N) is 2. The lowest BCUT2D eigenvalue weighted by Crippen LogP contribution is -2.58. The second-order valence-corrected chi connectivity index (χ2v) is 9.67. The van der Waals surface area contributed by atoms with Crippen LogP contribution in [0.15, 0.2) is 55.1 Å². The Morgan fingerprint density at radius 1 is 1.34 bits per heavy atom. The summed E-state index contributed by atoms with van der Waals surface area (Å²) in [5.74, 6) is 0.154. The second kappa shape index (κ2) is 9.74. The zero-order valence-corrected chi connectivity index (χ0v) is 20.2. The van der Waals surface area contributed by atoms with Crippen LogP contribution in [0.4, 0.5) is 0 Å². The highest BCUT2D eigenvalue weighted by Crippen LogP contribution is 2.42. The van der Waals surface area contributed by atoms with Crippen molar-refractivity contribution in [2.45, 2.75) is 44.9 Å². The van der Waals surface area contributed by atoms with Crippen molar-refractivity contribution in [2.75, 3.05) is 26.7 Å². The van der Waals surface area contributed by atoms with E-state index in [-0.39, 0.29) is 18.1 Å². The normalized spacial score (nSPS) is 23.6. The molecule has 2 aromatic carbocycles. The zero-order chi connectivity index (χ0) is 22.8. The molecule has 0 unspecified atom stereocenters. The molecule has 1 fully saturated rings. The molecule has 4 atom stereocenters. The van der Waals surface area contributed by atoms with Gasteiger partial charge in [-0.15, -0.1) is 6.58 Å². The molecule has 5 heteroatoms. The molecule has 0 aliphatic carbocycles. The summed E-state index contributed by atoms with van der Waals surface area (Å²) in [6.45, 7) is 10.4. The van der Waals surface area contributed by atoms with E-state index in [4.69, 9.17) is 12.2 Å². The minimum atomic E-state index is -0.384. The van der Waals surface area contributed by atoms with Crippen molar-refractivity contribution in [1.82, 2.24) is 15.1 Å². The Morgan fingerprint density at radius 3 is 2.84 bits per heavy atom. The molecule has 0 amide bonds. The predicted octanol–water partition coefficient (Wildman–Crippen LogP) is 4.32. The standard InChI is InChI=1S/C27H35N3OS/c1-5-13-28-27(32)29(4)25-16-26-23-15-21(22-9-7-6-8-18(22)2)11-10-20(23)12-14-30(26)17-24(25)19(3)31/h5-11,15,19,24-26,31H,1,12-14,16-17H2,2-4H3,(H,28,32)/t19-,24-,25-,26-/m0/s1. The van der Waals surface area contributed by atoms with Gasteiger partial charge in [-0.3, -0.25) is 4.90 Å². The molecule has 32 heavy (non-hydrogen) atoms. The summed E-state index contributed by atoms with van der Waals surface area (Å²) in [6, 6.07) is 16.1. The van der Waals surface area contributed by atoms with E-state index >= 15 is 0 Å². The molecule has 2 N–H and O–H groups in total. The average molecular weight is 450 g/mol. The number of aryl methyl sites for hydroxylation is 1. The van der Waals surface area contributed by atoms with Crippen LogP contribution in [0.5, 0.6) is 0 Å². The van der Waals surface area contributed by atoms with Gasteiger partial charge in [-0.1, -0.05) is 42.5 Å². The van der Waals surface area contributed by atoms with Gasteiger partial charge in [-0.25, -0.2) is 0 Å². The van der Waals surface area contributed by atoms with Gasteiger partial charge in [-0.2, -0.15) is 0 Å². The first-order chi connectivity index (χ1) is 15.4. The van der Waals surface area contributed by atoms with E-state index in [0.717, 1.165) is 31.0 Å². The van der Waals surface area contributed by atoms with Crippen LogP contribution < -0.4 is 5.32 Å². The zero-order valence-electron chi connectivity index (χ0n) is 19.4. The van der Waals surface area contributed by atoms with Crippen LogP contribution in [0.25, 0.3) is 11.1 Å². The van der Waals surface area contributed by atoms with Crippen LogP contribution in [0.2, 0.25) is 0 Å². The van der Waals surface area contributed by atoms with Crippen molar-refractivity contribution in [1.29, 1.82) is 0 Å². The average Bonchev–Trinajstić information content (AvgIpc) is 2.81. The lowest BCUT2D eigenvalue weighted by atomic mass is 9.77. The minimum Gasteiger partial charge on any atom is -0.393 e. The highest BCUT2D eigenvalue weighted by Gasteiger charge is 2.42. The molecule has 170 valence electrons. The monoisotopic (exact) mass is 449 g/mol. The van der Waals surface area contributed by atoms with Crippen molar-refractivity contribution >= 4 is 17.3 Å². The van der Waals surface area contributed by atoms with Crippen LogP contribution in [0, 0.1) is 12.8 Å². The number of benzene rings is 2. The number of aliphatic hydroxyl groups excluding tert-OH is 1. The largest absolute Gasteiger partial charge is 0.393 e. The topological polar surface area (TPSA) is 38.7 Å². The van der Waals surface area contributed by atoms with Gasteiger partial charge in [0.15, 0.2) is 5.11 Å². The van der Waals surface area contributed by atoms with Crippen LogP contribution in [-0.2, 0) is 6.42 Å². The van der Waals surface area contributed by atoms with Crippen molar-refractivity contribution in [3.8, 4) is 11.1 Å². The molecule has 0 aromatic heterocycles. The molecule has 4 rings (SSSR count). The fourth-order valence-electron chi connectivity index (χ4n) is 5.46. The number of nitrogens with one attached hydrogen (secondary N) is 1. The molecule has 2 aliphatic heterocycles. The number of hydrogen-bond donors (Lipinski definition) is 2. The number of rotatable bonds is 5. The van der Waals surface area contributed by atoms with E-state index < -0.39 is 0 Å². The van der Waals surface area contributed by atoms with Crippen LogP contribution in [0.1, 0.15) is 36.1 Å². The summed E-state index contributed by atoms with van der Waals surface area (Å²) < 4.78 is 0. The highest BCUT2D eigenvalue weighted by molar-refractivity contribution is 7.80. The number of thiocarbonyl (C=S) groups is 1. The Balaban J connectivity index is 1.66. The Bertz CT molecular complexity index is 989. The lowest BCUT2D eigenvalue weighted by molar-refractivity contribution is -0.0128. The highest BCUT2D eigenvalue weighted by atomic mass is 32.1. The van der Waals surface area contributed by atoms with Gasteiger partial charge in [0.1, 0.15) is 0 Å². The summed E-state index contributed by atoms with van der Waals surface area (Å²) in [7, 11) is 2.06. The molecule has 0 spiro atoms. The Kier molecular flexibility index (Phi) is 6.99. The predicted molar refractivity (Wildman–Crippen MR) is 137 cm³/mol. The first-order valence-corrected chi connectivity index (χ1v) is 12.0. The molecular formula is C27H35N3OS. The molecule has 2 aromatic rings. The van der Waals surface area contributed by atoms with E-state index in [1.165, 1.54) is 27.8 Å². The molecular weight excluding hydrogens is 414 g/mol. The first kappa shape index (κ1) is 23.0. The Hall–Kier alpha value is -2.21. The minimum absolute atomic E-state index is 0.154. The van der Waals surface area contributed by atoms with Crippen molar-refractivity contribution < 1.29 is 5.11 Å². The maximum Gasteiger partial charge on any atom is 0.169 e. The van der Waals surface area contributed by atoms with Crippen molar-refractivity contribution in [3.63, 3.8) is 0 Å². The molecule has 2 heterocycles. The Morgan fingerprint density at radius 2 is 2.12 bits per heavy atom. The smallest absolute Gasteiger partial charge is 0.169 e. The third kappa shape index (κ3) is 4.47. The first-order valence-electron chi connectivity index (χ1n) is 11.6. The van der Waals surface area contributed by atoms with E-state index in [9.17, 15) is 5.11 Å². The molecule has 0 bridgehead atoms. The van der Waals surface area contributed by atoms with Crippen LogP contribution >= 0.6 is 12.2 Å². The fourth-order valence-corrected chi connectivity index (χ4v) is 5.68. The van der Waals surface area contributed by atoms with Crippen LogP contribution in [-0.4, -0.2) is 58.8 Å². The number of hydrogen-bond acceptors (Lipinski definition) is 3. The van der Waals surface area contributed by atoms with Gasteiger partial charge >= 0.3 is 0 Å². The van der Waals surface area contributed by atoms with Gasteiger partial charge in [-0.05, 0) is 72.8 Å². The molecule has 0 radical (unpaired) electrons. The maximum atomic E-state index is 10.6. The van der Waals surface area contributed by atoms with Crippen molar-refractivity contribution in [3.05, 3.63) is 71.8 Å². The van der Waals surface area contributed by atoms with Crippen LogP contribution in [0.3, 0.4) is 0 Å². The summed E-state index contributed by atoms with van der Waals surface area (Å²) in [4.78, 5) is 4.74. The molecule has 2 aliphatic rings. The maximum absolute atomic E-state index is 10.6. The summed E-state index contributed by atoms with van der Waals surface area (Å²) in [5.41, 5.74) is 6.77. The second-order valence-electron chi connectivity index (χ2n) is 9.28.